The summed E-state index contributed by atoms with van der Waals surface area (Å²) in [5.74, 6) is 0.475. The molecule has 0 aromatic carbocycles. The maximum atomic E-state index is 6.32. The molecule has 27 heavy (non-hydrogen) atoms. The number of allylic oxidation sites excluding steroid dienone is 2. The fraction of sp³-hybridized carbons (Fsp3) is 0.632. The Morgan fingerprint density at radius 1 is 1.33 bits per heavy atom. The zero-order valence-electron chi connectivity index (χ0n) is 16.1. The predicted octanol–water partition coefficient (Wildman–Crippen LogP) is 2.84. The quantitative estimate of drug-likeness (QED) is 0.693. The van der Waals surface area contributed by atoms with Gasteiger partial charge in [-0.2, -0.15) is 0 Å². The Balaban J connectivity index is 1.65. The van der Waals surface area contributed by atoms with Gasteiger partial charge in [-0.05, 0) is 26.2 Å². The standard InChI is InChI=1S/C19H29ClN6O/c1-3-4-17(21)18(25-19-22-11-14(20)12-23-19)13(2)24-15-9-16(10-15)26-5-7-27-8-6-26/h11-12,15-16H,3-10,21H2,1-2H3,(H,22,23,25). The number of ether oxygens (including phenoxy) is 1. The molecule has 1 aromatic rings. The van der Waals surface area contributed by atoms with Crippen molar-refractivity contribution < 1.29 is 4.74 Å². The number of aliphatic imine (C=N–C) groups is 1. The van der Waals surface area contributed by atoms with E-state index in [9.17, 15) is 0 Å². The van der Waals surface area contributed by atoms with Gasteiger partial charge in [-0.1, -0.05) is 24.9 Å². The SMILES string of the molecule is CCCC(N)=C(Nc1ncc(Cl)cn1)C(C)=NC1CC(N2CCOCC2)C1. The Morgan fingerprint density at radius 2 is 2.00 bits per heavy atom. The lowest BCUT2D eigenvalue weighted by Crippen LogP contribution is -2.51. The third-order valence-electron chi connectivity index (χ3n) is 5.09. The lowest BCUT2D eigenvalue weighted by Gasteiger charge is -2.43. The van der Waals surface area contributed by atoms with E-state index in [-0.39, 0.29) is 0 Å². The molecule has 1 aliphatic carbocycles. The van der Waals surface area contributed by atoms with E-state index in [0.29, 0.717) is 23.1 Å². The Labute approximate surface area is 166 Å². The molecule has 0 amide bonds. The number of nitrogens with two attached hydrogens (primary N) is 1. The molecule has 148 valence electrons. The first-order valence-corrected chi connectivity index (χ1v) is 10.0. The molecule has 0 spiro atoms. The van der Waals surface area contributed by atoms with Crippen LogP contribution in [-0.4, -0.2) is 59.0 Å². The van der Waals surface area contributed by atoms with E-state index in [1.807, 2.05) is 6.92 Å². The van der Waals surface area contributed by atoms with Gasteiger partial charge in [0.15, 0.2) is 0 Å². The van der Waals surface area contributed by atoms with Crippen LogP contribution in [0.15, 0.2) is 28.8 Å². The largest absolute Gasteiger partial charge is 0.400 e. The summed E-state index contributed by atoms with van der Waals surface area (Å²) in [5, 5.41) is 3.74. The minimum Gasteiger partial charge on any atom is -0.400 e. The number of rotatable bonds is 7. The van der Waals surface area contributed by atoms with Crippen LogP contribution in [0, 0.1) is 0 Å². The minimum atomic E-state index is 0.343. The van der Waals surface area contributed by atoms with Crippen LogP contribution in [0.3, 0.4) is 0 Å². The van der Waals surface area contributed by atoms with Crippen LogP contribution in [0.1, 0.15) is 39.5 Å². The molecule has 1 saturated heterocycles. The zero-order chi connectivity index (χ0) is 19.2. The van der Waals surface area contributed by atoms with E-state index in [4.69, 9.17) is 27.1 Å². The van der Waals surface area contributed by atoms with Crippen LogP contribution in [0.5, 0.6) is 0 Å². The maximum absolute atomic E-state index is 6.32. The van der Waals surface area contributed by atoms with Gasteiger partial charge in [0.2, 0.25) is 5.95 Å². The second kappa shape index (κ2) is 9.48. The molecule has 8 heteroatoms. The van der Waals surface area contributed by atoms with E-state index in [1.165, 1.54) is 0 Å². The Bertz CT molecular complexity index is 678. The summed E-state index contributed by atoms with van der Waals surface area (Å²) in [4.78, 5) is 15.9. The fourth-order valence-electron chi connectivity index (χ4n) is 3.53. The molecule has 3 N–H and O–H groups in total. The summed E-state index contributed by atoms with van der Waals surface area (Å²) < 4.78 is 5.44. The number of aromatic nitrogens is 2. The van der Waals surface area contributed by atoms with Crippen LogP contribution in [0.25, 0.3) is 0 Å². The smallest absolute Gasteiger partial charge is 0.227 e. The number of hydrogen-bond donors (Lipinski definition) is 2. The second-order valence-electron chi connectivity index (χ2n) is 7.14. The molecule has 3 rings (SSSR count). The predicted molar refractivity (Wildman–Crippen MR) is 109 cm³/mol. The number of hydrogen-bond acceptors (Lipinski definition) is 7. The van der Waals surface area contributed by atoms with Gasteiger partial charge >= 0.3 is 0 Å². The summed E-state index contributed by atoms with van der Waals surface area (Å²) in [5.41, 5.74) is 8.82. The van der Waals surface area contributed by atoms with Crippen molar-refractivity contribution in [1.82, 2.24) is 14.9 Å². The molecule has 1 saturated carbocycles. The molecular formula is C19H29ClN6O. The van der Waals surface area contributed by atoms with Crippen LogP contribution < -0.4 is 11.1 Å². The molecule has 7 nitrogen and oxygen atoms in total. The molecular weight excluding hydrogens is 364 g/mol. The Kier molecular flexibility index (Phi) is 7.04. The van der Waals surface area contributed by atoms with Gasteiger partial charge in [-0.25, -0.2) is 9.97 Å². The number of halogens is 1. The first-order valence-electron chi connectivity index (χ1n) is 9.66. The van der Waals surface area contributed by atoms with Gasteiger partial charge in [-0.3, -0.25) is 9.89 Å². The number of nitrogens with one attached hydrogen (secondary N) is 1. The molecule has 0 atom stereocenters. The van der Waals surface area contributed by atoms with Gasteiger partial charge in [0.1, 0.15) is 0 Å². The molecule has 2 aliphatic rings. The highest BCUT2D eigenvalue weighted by Crippen LogP contribution is 2.29. The van der Waals surface area contributed by atoms with Crippen LogP contribution >= 0.6 is 11.6 Å². The molecule has 0 bridgehead atoms. The van der Waals surface area contributed by atoms with Gasteiger partial charge in [0, 0.05) is 24.8 Å². The molecule has 1 aliphatic heterocycles. The van der Waals surface area contributed by atoms with Crippen LogP contribution in [0.2, 0.25) is 5.02 Å². The van der Waals surface area contributed by atoms with Crippen molar-refractivity contribution in [3.63, 3.8) is 0 Å². The molecule has 1 aromatic heterocycles. The number of nitrogens with zero attached hydrogens (tertiary/aromatic N) is 4. The van der Waals surface area contributed by atoms with Gasteiger partial charge < -0.3 is 15.8 Å². The van der Waals surface area contributed by atoms with Crippen molar-refractivity contribution in [2.45, 2.75) is 51.6 Å². The highest BCUT2D eigenvalue weighted by molar-refractivity contribution is 6.30. The summed E-state index contributed by atoms with van der Waals surface area (Å²) in [6.07, 6.45) is 7.08. The highest BCUT2D eigenvalue weighted by atomic mass is 35.5. The lowest BCUT2D eigenvalue weighted by atomic mass is 9.85. The molecule has 2 fully saturated rings. The van der Waals surface area contributed by atoms with Gasteiger partial charge in [0.25, 0.3) is 0 Å². The van der Waals surface area contributed by atoms with Crippen LogP contribution in [0.4, 0.5) is 5.95 Å². The molecule has 0 radical (unpaired) electrons. The van der Waals surface area contributed by atoms with Crippen molar-refractivity contribution in [3.8, 4) is 0 Å². The number of anilines is 1. The summed E-state index contributed by atoms with van der Waals surface area (Å²) >= 11 is 5.87. The molecule has 2 heterocycles. The average Bonchev–Trinajstić information content (AvgIpc) is 2.64. The summed E-state index contributed by atoms with van der Waals surface area (Å²) in [6.45, 7) is 7.86. The maximum Gasteiger partial charge on any atom is 0.227 e. The Hall–Kier alpha value is -1.70. The van der Waals surface area contributed by atoms with Crippen molar-refractivity contribution in [2.24, 2.45) is 10.7 Å². The Morgan fingerprint density at radius 3 is 2.63 bits per heavy atom. The molecule has 0 unspecified atom stereocenters. The zero-order valence-corrected chi connectivity index (χ0v) is 16.9. The third-order valence-corrected chi connectivity index (χ3v) is 5.28. The van der Waals surface area contributed by atoms with E-state index in [2.05, 4.69) is 27.1 Å². The first kappa shape index (κ1) is 20.0. The number of morpholine rings is 1. The van der Waals surface area contributed by atoms with Crippen LogP contribution in [-0.2, 0) is 4.74 Å². The normalized spacial score (nSPS) is 24.9. The first-order chi connectivity index (χ1) is 13.1. The highest BCUT2D eigenvalue weighted by Gasteiger charge is 2.34. The van der Waals surface area contributed by atoms with Crippen molar-refractivity contribution >= 4 is 23.3 Å². The van der Waals surface area contributed by atoms with Gasteiger partial charge in [-0.15, -0.1) is 0 Å². The van der Waals surface area contributed by atoms with Crippen molar-refractivity contribution in [3.05, 3.63) is 28.8 Å². The fourth-order valence-corrected chi connectivity index (χ4v) is 3.63. The van der Waals surface area contributed by atoms with Crippen molar-refractivity contribution in [1.29, 1.82) is 0 Å². The second-order valence-corrected chi connectivity index (χ2v) is 7.58. The topological polar surface area (TPSA) is 88.7 Å². The summed E-state index contributed by atoms with van der Waals surface area (Å²) in [6, 6.07) is 0.971. The third kappa shape index (κ3) is 5.40. The van der Waals surface area contributed by atoms with E-state index in [0.717, 1.165) is 69.1 Å². The van der Waals surface area contributed by atoms with E-state index < -0.39 is 0 Å². The van der Waals surface area contributed by atoms with Crippen molar-refractivity contribution in [2.75, 3.05) is 31.6 Å². The van der Waals surface area contributed by atoms with E-state index >= 15 is 0 Å². The minimum absolute atomic E-state index is 0.343. The summed E-state index contributed by atoms with van der Waals surface area (Å²) in [7, 11) is 0. The lowest BCUT2D eigenvalue weighted by molar-refractivity contribution is -0.00592. The average molecular weight is 393 g/mol. The monoisotopic (exact) mass is 392 g/mol. The van der Waals surface area contributed by atoms with E-state index in [1.54, 1.807) is 12.4 Å². The van der Waals surface area contributed by atoms with Gasteiger partial charge in [0.05, 0.1) is 48.1 Å².